The van der Waals surface area contributed by atoms with Gasteiger partial charge in [0.2, 0.25) is 17.8 Å². The lowest BCUT2D eigenvalue weighted by Crippen LogP contribution is -2.37. The summed E-state index contributed by atoms with van der Waals surface area (Å²) >= 11 is 0. The van der Waals surface area contributed by atoms with Crippen molar-refractivity contribution in [2.75, 3.05) is 36.9 Å². The Hall–Kier alpha value is -3.14. The van der Waals surface area contributed by atoms with Crippen molar-refractivity contribution in [2.24, 2.45) is 0 Å². The maximum absolute atomic E-state index is 5.70. The van der Waals surface area contributed by atoms with E-state index >= 15 is 0 Å². The van der Waals surface area contributed by atoms with Gasteiger partial charge in [0.25, 0.3) is 0 Å². The summed E-state index contributed by atoms with van der Waals surface area (Å²) in [6.07, 6.45) is 5.27. The molecule has 4 rings (SSSR count). The zero-order valence-corrected chi connectivity index (χ0v) is 16.2. The summed E-state index contributed by atoms with van der Waals surface area (Å²) in [6.45, 7) is 8.76. The molecule has 0 bridgehead atoms. The molecular formula is C18H23N9O. The average molecular weight is 381 g/mol. The number of morpholine rings is 1. The molecule has 0 saturated carbocycles. The topological polar surface area (TPSA) is 121 Å². The molecule has 1 aliphatic heterocycles. The lowest BCUT2D eigenvalue weighted by molar-refractivity contribution is 0.122. The number of anilines is 2. The molecule has 146 valence electrons. The molecule has 0 unspecified atom stereocenters. The summed E-state index contributed by atoms with van der Waals surface area (Å²) in [4.78, 5) is 29.0. The third kappa shape index (κ3) is 3.50. The third-order valence-electron chi connectivity index (χ3n) is 4.55. The number of aromatic nitrogens is 7. The van der Waals surface area contributed by atoms with Crippen molar-refractivity contribution in [3.63, 3.8) is 0 Å². The highest BCUT2D eigenvalue weighted by Crippen LogP contribution is 2.23. The predicted molar refractivity (Wildman–Crippen MR) is 104 cm³/mol. The Bertz CT molecular complexity index is 979. The van der Waals surface area contributed by atoms with Gasteiger partial charge in [-0.25, -0.2) is 15.0 Å². The highest BCUT2D eigenvalue weighted by molar-refractivity contribution is 5.59. The SMILES string of the molecule is Cc1nc(N)ncc1-c1nc(N2CCOCC2)nc(-n2ccnc2C(C)C)n1. The molecular weight excluding hydrogens is 358 g/mol. The van der Waals surface area contributed by atoms with Gasteiger partial charge < -0.3 is 15.4 Å². The largest absolute Gasteiger partial charge is 0.378 e. The van der Waals surface area contributed by atoms with Crippen LogP contribution in [0.4, 0.5) is 11.9 Å². The van der Waals surface area contributed by atoms with E-state index in [0.29, 0.717) is 36.6 Å². The molecule has 0 spiro atoms. The third-order valence-corrected chi connectivity index (χ3v) is 4.55. The van der Waals surface area contributed by atoms with Gasteiger partial charge in [0.05, 0.1) is 24.5 Å². The fourth-order valence-corrected chi connectivity index (χ4v) is 3.10. The average Bonchev–Trinajstić information content (AvgIpc) is 3.19. The van der Waals surface area contributed by atoms with Gasteiger partial charge in [0.1, 0.15) is 5.82 Å². The number of hydrogen-bond acceptors (Lipinski definition) is 9. The molecule has 2 N–H and O–H groups in total. The van der Waals surface area contributed by atoms with Crippen LogP contribution in [-0.2, 0) is 4.74 Å². The van der Waals surface area contributed by atoms with Crippen molar-refractivity contribution >= 4 is 11.9 Å². The molecule has 3 aromatic rings. The van der Waals surface area contributed by atoms with Crippen molar-refractivity contribution in [3.8, 4) is 17.3 Å². The quantitative estimate of drug-likeness (QED) is 0.714. The molecule has 10 heteroatoms. The van der Waals surface area contributed by atoms with Gasteiger partial charge in [0, 0.05) is 37.6 Å². The number of nitrogen functional groups attached to an aromatic ring is 1. The van der Waals surface area contributed by atoms with E-state index in [1.54, 1.807) is 12.4 Å². The van der Waals surface area contributed by atoms with Gasteiger partial charge in [-0.15, -0.1) is 0 Å². The molecule has 0 radical (unpaired) electrons. The number of nitrogens with two attached hydrogens (primary N) is 1. The minimum atomic E-state index is 0.223. The molecule has 10 nitrogen and oxygen atoms in total. The van der Waals surface area contributed by atoms with E-state index in [0.717, 1.165) is 24.5 Å². The molecule has 0 amide bonds. The monoisotopic (exact) mass is 381 g/mol. The lowest BCUT2D eigenvalue weighted by atomic mass is 10.2. The maximum atomic E-state index is 5.70. The van der Waals surface area contributed by atoms with Gasteiger partial charge in [0.15, 0.2) is 5.82 Å². The summed E-state index contributed by atoms with van der Waals surface area (Å²) in [5, 5.41) is 0. The predicted octanol–water partition coefficient (Wildman–Crippen LogP) is 1.36. The summed E-state index contributed by atoms with van der Waals surface area (Å²) in [6, 6.07) is 0. The van der Waals surface area contributed by atoms with Crippen LogP contribution in [0.25, 0.3) is 17.3 Å². The number of ether oxygens (including phenoxy) is 1. The van der Waals surface area contributed by atoms with Gasteiger partial charge in [-0.1, -0.05) is 13.8 Å². The normalized spacial score (nSPS) is 14.6. The van der Waals surface area contributed by atoms with Crippen LogP contribution in [0.15, 0.2) is 18.6 Å². The van der Waals surface area contributed by atoms with E-state index in [-0.39, 0.29) is 11.9 Å². The Balaban J connectivity index is 1.87. The van der Waals surface area contributed by atoms with Crippen LogP contribution in [-0.4, -0.2) is 60.8 Å². The van der Waals surface area contributed by atoms with Gasteiger partial charge in [-0.05, 0) is 6.92 Å². The van der Waals surface area contributed by atoms with E-state index in [4.69, 9.17) is 25.4 Å². The van der Waals surface area contributed by atoms with Crippen LogP contribution in [0.1, 0.15) is 31.3 Å². The molecule has 1 aliphatic rings. The number of nitrogens with zero attached hydrogens (tertiary/aromatic N) is 8. The Morgan fingerprint density at radius 1 is 1.04 bits per heavy atom. The second kappa shape index (κ2) is 7.47. The van der Waals surface area contributed by atoms with Crippen molar-refractivity contribution in [2.45, 2.75) is 26.7 Å². The zero-order valence-electron chi connectivity index (χ0n) is 16.2. The van der Waals surface area contributed by atoms with Crippen LogP contribution in [0, 0.1) is 6.92 Å². The maximum Gasteiger partial charge on any atom is 0.240 e. The Morgan fingerprint density at radius 2 is 1.79 bits per heavy atom. The molecule has 0 aliphatic carbocycles. The second-order valence-electron chi connectivity index (χ2n) is 6.90. The summed E-state index contributed by atoms with van der Waals surface area (Å²) in [5.41, 5.74) is 7.14. The minimum absolute atomic E-state index is 0.223. The van der Waals surface area contributed by atoms with Crippen molar-refractivity contribution < 1.29 is 4.74 Å². The summed E-state index contributed by atoms with van der Waals surface area (Å²) in [5.74, 6) is 2.96. The lowest BCUT2D eigenvalue weighted by Gasteiger charge is -2.27. The van der Waals surface area contributed by atoms with Crippen LogP contribution in [0.3, 0.4) is 0 Å². The summed E-state index contributed by atoms with van der Waals surface area (Å²) in [7, 11) is 0. The first-order valence-corrected chi connectivity index (χ1v) is 9.25. The minimum Gasteiger partial charge on any atom is -0.378 e. The van der Waals surface area contributed by atoms with Crippen molar-refractivity contribution in [1.29, 1.82) is 0 Å². The highest BCUT2D eigenvalue weighted by Gasteiger charge is 2.20. The van der Waals surface area contributed by atoms with Gasteiger partial charge in [-0.3, -0.25) is 4.57 Å². The standard InChI is InChI=1S/C18H23N9O/c1-11(2)15-20-4-5-27(15)18-24-14(13-10-21-16(19)22-12(13)3)23-17(25-18)26-6-8-28-9-7-26/h4-5,10-11H,6-9H2,1-3H3,(H2,19,21,22). The van der Waals surface area contributed by atoms with Crippen LogP contribution >= 0.6 is 0 Å². The van der Waals surface area contributed by atoms with E-state index < -0.39 is 0 Å². The fourth-order valence-electron chi connectivity index (χ4n) is 3.10. The first-order valence-electron chi connectivity index (χ1n) is 9.25. The number of hydrogen-bond donors (Lipinski definition) is 1. The number of aryl methyl sites for hydroxylation is 1. The van der Waals surface area contributed by atoms with E-state index in [2.05, 4.69) is 33.7 Å². The molecule has 1 saturated heterocycles. The molecule has 0 atom stereocenters. The van der Waals surface area contributed by atoms with Crippen LogP contribution in [0.5, 0.6) is 0 Å². The first-order chi connectivity index (χ1) is 13.5. The van der Waals surface area contributed by atoms with E-state index in [1.807, 2.05) is 17.7 Å². The van der Waals surface area contributed by atoms with Crippen molar-refractivity contribution in [1.82, 2.24) is 34.5 Å². The van der Waals surface area contributed by atoms with Crippen LogP contribution < -0.4 is 10.6 Å². The molecule has 3 aromatic heterocycles. The zero-order chi connectivity index (χ0) is 19.7. The van der Waals surface area contributed by atoms with Gasteiger partial charge >= 0.3 is 0 Å². The smallest absolute Gasteiger partial charge is 0.240 e. The molecule has 4 heterocycles. The first kappa shape index (κ1) is 18.2. The highest BCUT2D eigenvalue weighted by atomic mass is 16.5. The van der Waals surface area contributed by atoms with Crippen LogP contribution in [0.2, 0.25) is 0 Å². The Kier molecular flexibility index (Phi) is 4.86. The second-order valence-corrected chi connectivity index (χ2v) is 6.90. The molecule has 0 aromatic carbocycles. The summed E-state index contributed by atoms with van der Waals surface area (Å²) < 4.78 is 7.36. The van der Waals surface area contributed by atoms with Crippen molar-refractivity contribution in [3.05, 3.63) is 30.1 Å². The molecule has 1 fully saturated rings. The fraction of sp³-hybridized carbons (Fsp3) is 0.444. The molecule has 28 heavy (non-hydrogen) atoms. The van der Waals surface area contributed by atoms with E-state index in [9.17, 15) is 0 Å². The van der Waals surface area contributed by atoms with Gasteiger partial charge in [-0.2, -0.15) is 15.0 Å². The van der Waals surface area contributed by atoms with E-state index in [1.165, 1.54) is 0 Å². The Labute approximate surface area is 162 Å². The number of imidazole rings is 1. The number of rotatable bonds is 4. The Morgan fingerprint density at radius 3 is 2.50 bits per heavy atom.